The maximum absolute atomic E-state index is 6.99. The first-order valence-corrected chi connectivity index (χ1v) is 25.4. The molecule has 372 valence electrons. The third-order valence-electron chi connectivity index (χ3n) is 13.9. The lowest BCUT2D eigenvalue weighted by atomic mass is 9.84. The smallest absolute Gasteiger partial charge is 0.166 e. The van der Waals surface area contributed by atoms with E-state index in [1.165, 1.54) is 49.0 Å². The van der Waals surface area contributed by atoms with Crippen molar-refractivity contribution < 1.29 is 0 Å². The predicted molar refractivity (Wildman–Crippen MR) is 320 cm³/mol. The van der Waals surface area contributed by atoms with Gasteiger partial charge in [-0.2, -0.15) is 0 Å². The van der Waals surface area contributed by atoms with Crippen LogP contribution in [0.4, 0.5) is 0 Å². The van der Waals surface area contributed by atoms with Crippen LogP contribution in [0.25, 0.3) is 32.3 Å². The van der Waals surface area contributed by atoms with Gasteiger partial charge in [0.25, 0.3) is 0 Å². The molecule has 0 aliphatic rings. The zero-order valence-corrected chi connectivity index (χ0v) is 49.3. The van der Waals surface area contributed by atoms with E-state index < -0.39 is 0 Å². The molecular weight excluding hydrogens is 1220 g/mol. The lowest BCUT2D eigenvalue weighted by Gasteiger charge is -2.23. The van der Waals surface area contributed by atoms with Crippen molar-refractivity contribution in [3.8, 4) is 0 Å². The molecule has 0 saturated heterocycles. The molecule has 72 heavy (non-hydrogen) atoms. The number of fused-ring (bicyclic) bond motifs is 3. The maximum atomic E-state index is 6.99. The fourth-order valence-corrected chi connectivity index (χ4v) is 11.3. The van der Waals surface area contributed by atoms with Gasteiger partial charge in [-0.3, -0.25) is 0 Å². The average Bonchev–Trinajstić information content (AvgIpc) is 3.91. The Morgan fingerprint density at radius 2 is 0.597 bits per heavy atom. The van der Waals surface area contributed by atoms with Crippen LogP contribution >= 0.6 is 121 Å². The van der Waals surface area contributed by atoms with Gasteiger partial charge in [0.05, 0.1) is 0 Å². The fourth-order valence-electron chi connectivity index (χ4n) is 9.99. The molecule has 10 rings (SSSR count). The SMILES string of the molecule is Br.Br.Br.Cc1c(Cc2nc(Cl)c(Cl)n2CCc2ccc3ccccc3c2)c(C)c(Cc2nc(Cl)c(Cl)n2CCc2ccc3ccccc3c2)c(C)c1Cc1nc(Cl)c(Cl)n1CCc1ccc2ccccc2c1. The number of benzene rings is 7. The number of aromatic nitrogens is 6. The molecule has 3 heterocycles. The van der Waals surface area contributed by atoms with E-state index in [0.717, 1.165) is 70.1 Å². The van der Waals surface area contributed by atoms with Crippen molar-refractivity contribution in [2.75, 3.05) is 0 Å². The second kappa shape index (κ2) is 24.2. The lowest BCUT2D eigenvalue weighted by Crippen LogP contribution is -2.15. The highest BCUT2D eigenvalue weighted by Crippen LogP contribution is 2.36. The van der Waals surface area contributed by atoms with Gasteiger partial charge in [-0.1, -0.05) is 197 Å². The minimum Gasteiger partial charge on any atom is -0.317 e. The molecule has 0 aliphatic heterocycles. The Bertz CT molecular complexity index is 3190. The Labute approximate surface area is 481 Å². The third-order valence-corrected chi connectivity index (χ3v) is 16.1. The zero-order valence-electron chi connectivity index (χ0n) is 39.7. The summed E-state index contributed by atoms with van der Waals surface area (Å²) in [5.41, 5.74) is 10.3. The first kappa shape index (κ1) is 55.9. The van der Waals surface area contributed by atoms with Crippen LogP contribution in [-0.4, -0.2) is 28.7 Å². The molecule has 0 bridgehead atoms. The van der Waals surface area contributed by atoms with Crippen molar-refractivity contribution in [1.82, 2.24) is 28.7 Å². The van der Waals surface area contributed by atoms with Gasteiger partial charge in [0.15, 0.2) is 15.5 Å². The second-order valence-electron chi connectivity index (χ2n) is 17.9. The summed E-state index contributed by atoms with van der Waals surface area (Å²) in [6, 6.07) is 44.9. The summed E-state index contributed by atoms with van der Waals surface area (Å²) in [4.78, 5) is 14.7. The third kappa shape index (κ3) is 11.7. The van der Waals surface area contributed by atoms with Crippen molar-refractivity contribution in [3.05, 3.63) is 226 Å². The number of halogens is 9. The van der Waals surface area contributed by atoms with Crippen molar-refractivity contribution in [2.24, 2.45) is 0 Å². The molecule has 0 spiro atoms. The average molecular weight is 1270 g/mol. The molecule has 0 unspecified atom stereocenters. The van der Waals surface area contributed by atoms with Gasteiger partial charge in [0.1, 0.15) is 32.9 Å². The Balaban J connectivity index is 0.00000253. The molecular formula is C57H51Br3Cl6N6. The van der Waals surface area contributed by atoms with Crippen LogP contribution in [0, 0.1) is 20.8 Å². The van der Waals surface area contributed by atoms with E-state index in [9.17, 15) is 0 Å². The van der Waals surface area contributed by atoms with Gasteiger partial charge in [-0.25, -0.2) is 15.0 Å². The number of nitrogens with zero attached hydrogens (tertiary/aromatic N) is 6. The van der Waals surface area contributed by atoms with E-state index in [1.807, 2.05) is 0 Å². The largest absolute Gasteiger partial charge is 0.317 e. The van der Waals surface area contributed by atoms with Crippen LogP contribution in [0.2, 0.25) is 30.9 Å². The molecule has 0 fully saturated rings. The number of rotatable bonds is 15. The summed E-state index contributed by atoms with van der Waals surface area (Å²) in [7, 11) is 0. The van der Waals surface area contributed by atoms with Gasteiger partial charge in [-0.05, 0) is 122 Å². The molecule has 0 atom stereocenters. The van der Waals surface area contributed by atoms with Crippen LogP contribution < -0.4 is 0 Å². The van der Waals surface area contributed by atoms with Crippen molar-refractivity contribution in [1.29, 1.82) is 0 Å². The fraction of sp³-hybridized carbons (Fsp3) is 0.211. The Morgan fingerprint density at radius 1 is 0.347 bits per heavy atom. The summed E-state index contributed by atoms with van der Waals surface area (Å²) in [6.45, 7) is 8.37. The van der Waals surface area contributed by atoms with E-state index in [4.69, 9.17) is 84.6 Å². The minimum absolute atomic E-state index is 0. The van der Waals surface area contributed by atoms with Gasteiger partial charge in [-0.15, -0.1) is 50.9 Å². The molecule has 0 amide bonds. The van der Waals surface area contributed by atoms with E-state index in [2.05, 4.69) is 162 Å². The Hall–Kier alpha value is -3.87. The summed E-state index contributed by atoms with van der Waals surface area (Å²) in [5.74, 6) is 2.34. The molecule has 10 aromatic rings. The van der Waals surface area contributed by atoms with Crippen LogP contribution in [0.3, 0.4) is 0 Å². The van der Waals surface area contributed by atoms with Gasteiger partial charge in [0, 0.05) is 38.9 Å². The van der Waals surface area contributed by atoms with E-state index in [0.29, 0.717) is 54.4 Å². The van der Waals surface area contributed by atoms with Crippen LogP contribution in [0.5, 0.6) is 0 Å². The highest BCUT2D eigenvalue weighted by atomic mass is 79.9. The van der Waals surface area contributed by atoms with Crippen LogP contribution in [-0.2, 0) is 58.2 Å². The number of hydrogen-bond acceptors (Lipinski definition) is 3. The molecule has 0 aliphatic carbocycles. The quantitative estimate of drug-likeness (QED) is 0.103. The Kier molecular flexibility index (Phi) is 18.8. The number of aryl methyl sites for hydroxylation is 3. The second-order valence-corrected chi connectivity index (χ2v) is 20.1. The minimum atomic E-state index is 0. The van der Waals surface area contributed by atoms with Gasteiger partial charge >= 0.3 is 0 Å². The van der Waals surface area contributed by atoms with E-state index in [1.54, 1.807) is 0 Å². The van der Waals surface area contributed by atoms with E-state index in [-0.39, 0.29) is 66.4 Å². The molecule has 0 N–H and O–H groups in total. The highest BCUT2D eigenvalue weighted by molar-refractivity contribution is 8.93. The topological polar surface area (TPSA) is 53.5 Å². The normalized spacial score (nSPS) is 11.3. The first-order chi connectivity index (χ1) is 33.4. The van der Waals surface area contributed by atoms with Crippen molar-refractivity contribution in [2.45, 2.75) is 78.9 Å². The van der Waals surface area contributed by atoms with Crippen molar-refractivity contribution in [3.63, 3.8) is 0 Å². The Morgan fingerprint density at radius 3 is 0.861 bits per heavy atom. The number of imidazole rings is 3. The number of hydrogen-bond donors (Lipinski definition) is 0. The van der Waals surface area contributed by atoms with Crippen LogP contribution in [0.1, 0.15) is 67.5 Å². The molecule has 15 heteroatoms. The molecule has 7 aromatic carbocycles. The van der Waals surface area contributed by atoms with Crippen molar-refractivity contribution >= 4 is 153 Å². The summed E-state index contributed by atoms with van der Waals surface area (Å²) in [6.07, 6.45) is 3.70. The first-order valence-electron chi connectivity index (χ1n) is 23.1. The monoisotopic (exact) mass is 1270 g/mol. The molecule has 6 nitrogen and oxygen atoms in total. The molecule has 0 saturated carbocycles. The van der Waals surface area contributed by atoms with E-state index >= 15 is 0 Å². The zero-order chi connectivity index (χ0) is 47.9. The highest BCUT2D eigenvalue weighted by Gasteiger charge is 2.26. The standard InChI is InChI=1S/C57H48Cl6N6.3BrH/c1-34-46(31-49-64-52(58)55(61)67(49)25-22-37-16-19-40-10-4-7-13-43(40)28-37)35(2)48(33-51-66-54(60)57(63)69(51)27-24-39-18-21-42-12-6-9-15-45(42)30-39)36(3)47(34)32-50-65-53(59)56(62)68(50)26-23-38-17-20-41-11-5-8-14-44(41)29-38;;;/h4-21,28-30H,22-27,31-33H2,1-3H3;3*1H. The maximum Gasteiger partial charge on any atom is 0.166 e. The molecule has 3 aromatic heterocycles. The lowest BCUT2D eigenvalue weighted by molar-refractivity contribution is 0.655. The summed E-state index contributed by atoms with van der Waals surface area (Å²) in [5, 5.41) is 9.32. The van der Waals surface area contributed by atoms with Gasteiger partial charge < -0.3 is 13.7 Å². The van der Waals surface area contributed by atoms with Crippen LogP contribution in [0.15, 0.2) is 127 Å². The molecule has 0 radical (unpaired) electrons. The van der Waals surface area contributed by atoms with Gasteiger partial charge in [0.2, 0.25) is 0 Å². The summed E-state index contributed by atoms with van der Waals surface area (Å²) < 4.78 is 6.15. The summed E-state index contributed by atoms with van der Waals surface area (Å²) >= 11 is 41.3. The predicted octanol–water partition coefficient (Wildman–Crippen LogP) is 17.8.